The van der Waals surface area contributed by atoms with Gasteiger partial charge >= 0.3 is 0 Å². The second kappa shape index (κ2) is 6.66. The molecular weight excluding hydrogens is 283 g/mol. The molecule has 1 aliphatic rings. The smallest absolute Gasteiger partial charge is 0.252 e. The molecule has 0 radical (unpaired) electrons. The van der Waals surface area contributed by atoms with Crippen molar-refractivity contribution in [2.75, 3.05) is 13.2 Å². The summed E-state index contributed by atoms with van der Waals surface area (Å²) >= 11 is 0. The molecule has 1 N–H and O–H groups in total. The van der Waals surface area contributed by atoms with Gasteiger partial charge in [-0.25, -0.2) is 4.39 Å². The van der Waals surface area contributed by atoms with Crippen LogP contribution in [0, 0.1) is 5.82 Å². The number of carbonyl (C=O) groups excluding carboxylic acids is 1. The minimum absolute atomic E-state index is 0.114. The number of pyridine rings is 1. The van der Waals surface area contributed by atoms with Crippen LogP contribution in [0.4, 0.5) is 4.39 Å². The van der Waals surface area contributed by atoms with E-state index < -0.39 is 0 Å². The number of hydrogen-bond acceptors (Lipinski definition) is 3. The summed E-state index contributed by atoms with van der Waals surface area (Å²) in [6.07, 6.45) is 3.65. The number of nitrogens with one attached hydrogen (secondary N) is 1. The van der Waals surface area contributed by atoms with Crippen LogP contribution in [-0.2, 0) is 4.74 Å². The lowest BCUT2D eigenvalue weighted by Gasteiger charge is -2.10. The first-order chi connectivity index (χ1) is 10.7. The molecule has 5 heteroatoms. The summed E-state index contributed by atoms with van der Waals surface area (Å²) in [5.74, 6) is -0.480. The van der Waals surface area contributed by atoms with Gasteiger partial charge in [0.05, 0.1) is 17.4 Å². The number of aromatic nitrogens is 1. The van der Waals surface area contributed by atoms with Gasteiger partial charge in [-0.15, -0.1) is 0 Å². The Hall–Kier alpha value is -2.27. The normalized spacial score (nSPS) is 17.4. The Morgan fingerprint density at radius 2 is 2.27 bits per heavy atom. The third kappa shape index (κ3) is 3.49. The Bertz CT molecular complexity index is 652. The fraction of sp³-hybridized carbons (Fsp3) is 0.294. The van der Waals surface area contributed by atoms with E-state index in [-0.39, 0.29) is 17.8 Å². The van der Waals surface area contributed by atoms with Crippen LogP contribution >= 0.6 is 0 Å². The Kier molecular flexibility index (Phi) is 4.44. The largest absolute Gasteiger partial charge is 0.376 e. The van der Waals surface area contributed by atoms with Crippen molar-refractivity contribution >= 4 is 5.91 Å². The summed E-state index contributed by atoms with van der Waals surface area (Å²) in [5, 5.41) is 2.85. The molecule has 0 spiro atoms. The van der Waals surface area contributed by atoms with E-state index in [0.717, 1.165) is 19.4 Å². The average Bonchev–Trinajstić information content (AvgIpc) is 3.06. The van der Waals surface area contributed by atoms with Gasteiger partial charge in [-0.3, -0.25) is 9.78 Å². The Labute approximate surface area is 128 Å². The monoisotopic (exact) mass is 300 g/mol. The lowest BCUT2D eigenvalue weighted by atomic mass is 10.1. The van der Waals surface area contributed by atoms with Crippen LogP contribution in [0.1, 0.15) is 23.2 Å². The van der Waals surface area contributed by atoms with Gasteiger partial charge in [-0.1, -0.05) is 12.1 Å². The third-order valence-corrected chi connectivity index (χ3v) is 3.66. The van der Waals surface area contributed by atoms with E-state index in [2.05, 4.69) is 10.3 Å². The molecule has 0 aliphatic carbocycles. The molecule has 1 aromatic carbocycles. The maximum Gasteiger partial charge on any atom is 0.252 e. The SMILES string of the molecule is O=C(NCC1CCCO1)c1ccc(-c2cccc(F)c2)nc1. The highest BCUT2D eigenvalue weighted by Gasteiger charge is 2.16. The molecule has 1 saturated heterocycles. The summed E-state index contributed by atoms with van der Waals surface area (Å²) < 4.78 is 18.7. The summed E-state index contributed by atoms with van der Waals surface area (Å²) in [5.41, 5.74) is 1.81. The topological polar surface area (TPSA) is 51.2 Å². The molecule has 1 amide bonds. The molecule has 2 aromatic rings. The minimum atomic E-state index is -0.308. The number of amides is 1. The summed E-state index contributed by atoms with van der Waals surface area (Å²) in [4.78, 5) is 16.3. The predicted octanol–water partition coefficient (Wildman–Crippen LogP) is 2.80. The fourth-order valence-corrected chi connectivity index (χ4v) is 2.46. The van der Waals surface area contributed by atoms with Gasteiger partial charge in [0, 0.05) is 24.9 Å². The van der Waals surface area contributed by atoms with Crippen LogP contribution in [0.15, 0.2) is 42.6 Å². The molecular formula is C17H17FN2O2. The van der Waals surface area contributed by atoms with Gasteiger partial charge in [0.15, 0.2) is 0 Å². The van der Waals surface area contributed by atoms with E-state index in [0.29, 0.717) is 23.4 Å². The van der Waals surface area contributed by atoms with Gasteiger partial charge in [0.2, 0.25) is 0 Å². The Morgan fingerprint density at radius 3 is 2.95 bits per heavy atom. The predicted molar refractivity (Wildman–Crippen MR) is 80.9 cm³/mol. The van der Waals surface area contributed by atoms with Crippen LogP contribution in [0.3, 0.4) is 0 Å². The van der Waals surface area contributed by atoms with E-state index in [1.165, 1.54) is 18.3 Å². The number of benzene rings is 1. The van der Waals surface area contributed by atoms with Crippen LogP contribution in [0.2, 0.25) is 0 Å². The molecule has 1 fully saturated rings. The van der Waals surface area contributed by atoms with E-state index in [1.54, 1.807) is 24.3 Å². The van der Waals surface area contributed by atoms with Crippen LogP contribution < -0.4 is 5.32 Å². The fourth-order valence-electron chi connectivity index (χ4n) is 2.46. The van der Waals surface area contributed by atoms with Crippen LogP contribution in [0.25, 0.3) is 11.3 Å². The highest BCUT2D eigenvalue weighted by molar-refractivity contribution is 5.94. The van der Waals surface area contributed by atoms with E-state index >= 15 is 0 Å². The summed E-state index contributed by atoms with van der Waals surface area (Å²) in [6, 6.07) is 9.63. The second-order valence-corrected chi connectivity index (χ2v) is 5.29. The zero-order valence-corrected chi connectivity index (χ0v) is 12.1. The first kappa shape index (κ1) is 14.7. The van der Waals surface area contributed by atoms with Crippen molar-refractivity contribution in [3.8, 4) is 11.3 Å². The third-order valence-electron chi connectivity index (χ3n) is 3.66. The zero-order chi connectivity index (χ0) is 15.4. The summed E-state index contributed by atoms with van der Waals surface area (Å²) in [7, 11) is 0. The number of halogens is 1. The molecule has 0 saturated carbocycles. The standard InChI is InChI=1S/C17H17FN2O2/c18-14-4-1-3-12(9-14)16-7-6-13(10-19-16)17(21)20-11-15-5-2-8-22-15/h1,3-4,6-7,9-10,15H,2,5,8,11H2,(H,20,21). The molecule has 1 aromatic heterocycles. The quantitative estimate of drug-likeness (QED) is 0.944. The van der Waals surface area contributed by atoms with Crippen molar-refractivity contribution in [2.45, 2.75) is 18.9 Å². The zero-order valence-electron chi connectivity index (χ0n) is 12.1. The number of ether oxygens (including phenoxy) is 1. The van der Waals surface area contributed by atoms with E-state index in [9.17, 15) is 9.18 Å². The average molecular weight is 300 g/mol. The van der Waals surface area contributed by atoms with E-state index in [1.807, 2.05) is 0 Å². The van der Waals surface area contributed by atoms with Crippen LogP contribution in [0.5, 0.6) is 0 Å². The number of hydrogen-bond donors (Lipinski definition) is 1. The van der Waals surface area contributed by atoms with Gasteiger partial charge in [0.25, 0.3) is 5.91 Å². The van der Waals surface area contributed by atoms with Crippen molar-refractivity contribution in [1.82, 2.24) is 10.3 Å². The molecule has 1 atom stereocenters. The van der Waals surface area contributed by atoms with Gasteiger partial charge in [0.1, 0.15) is 5.82 Å². The van der Waals surface area contributed by atoms with Crippen molar-refractivity contribution in [3.05, 3.63) is 54.0 Å². The molecule has 1 unspecified atom stereocenters. The van der Waals surface area contributed by atoms with Crippen LogP contribution in [-0.4, -0.2) is 30.1 Å². The van der Waals surface area contributed by atoms with Crippen molar-refractivity contribution in [2.24, 2.45) is 0 Å². The van der Waals surface area contributed by atoms with E-state index in [4.69, 9.17) is 4.74 Å². The molecule has 1 aliphatic heterocycles. The highest BCUT2D eigenvalue weighted by Crippen LogP contribution is 2.18. The second-order valence-electron chi connectivity index (χ2n) is 5.29. The maximum atomic E-state index is 13.2. The van der Waals surface area contributed by atoms with Crippen molar-refractivity contribution in [1.29, 1.82) is 0 Å². The first-order valence-electron chi connectivity index (χ1n) is 7.34. The maximum absolute atomic E-state index is 13.2. The number of rotatable bonds is 4. The Morgan fingerprint density at radius 1 is 1.36 bits per heavy atom. The summed E-state index contributed by atoms with van der Waals surface area (Å²) in [6.45, 7) is 1.29. The minimum Gasteiger partial charge on any atom is -0.376 e. The number of nitrogens with zero attached hydrogens (tertiary/aromatic N) is 1. The lowest BCUT2D eigenvalue weighted by Crippen LogP contribution is -2.31. The molecule has 3 rings (SSSR count). The molecule has 114 valence electrons. The van der Waals surface area contributed by atoms with Crippen molar-refractivity contribution in [3.63, 3.8) is 0 Å². The lowest BCUT2D eigenvalue weighted by molar-refractivity contribution is 0.0857. The van der Waals surface area contributed by atoms with Crippen molar-refractivity contribution < 1.29 is 13.9 Å². The first-order valence-corrected chi connectivity index (χ1v) is 7.34. The molecule has 4 nitrogen and oxygen atoms in total. The van der Waals surface area contributed by atoms with Gasteiger partial charge in [-0.05, 0) is 37.1 Å². The number of carbonyl (C=O) groups is 1. The molecule has 0 bridgehead atoms. The highest BCUT2D eigenvalue weighted by atomic mass is 19.1. The van der Waals surface area contributed by atoms with Gasteiger partial charge < -0.3 is 10.1 Å². The molecule has 22 heavy (non-hydrogen) atoms. The molecule has 2 heterocycles. The van der Waals surface area contributed by atoms with Gasteiger partial charge in [-0.2, -0.15) is 0 Å². The Balaban J connectivity index is 1.64.